The number of rotatable bonds is 3. The summed E-state index contributed by atoms with van der Waals surface area (Å²) in [6.45, 7) is 3.36. The highest BCUT2D eigenvalue weighted by Gasteiger charge is 2.44. The molecular weight excluding hydrogens is 247 g/mol. The van der Waals surface area contributed by atoms with Gasteiger partial charge in [0.15, 0.2) is 0 Å². The molecule has 2 rings (SSSR count). The molecule has 0 radical (unpaired) electrons. The second kappa shape index (κ2) is 4.93. The zero-order chi connectivity index (χ0) is 17.8. The van der Waals surface area contributed by atoms with E-state index in [0.29, 0.717) is 0 Å². The first kappa shape index (κ1) is 9.48. The van der Waals surface area contributed by atoms with Crippen LogP contribution in [0.15, 0.2) is 18.2 Å². The molecule has 19 heavy (non-hydrogen) atoms. The van der Waals surface area contributed by atoms with Crippen LogP contribution >= 0.6 is 0 Å². The predicted molar refractivity (Wildman–Crippen MR) is 69.5 cm³/mol. The summed E-state index contributed by atoms with van der Waals surface area (Å²) < 4.78 is 46.1. The van der Waals surface area contributed by atoms with Gasteiger partial charge < -0.3 is 10.2 Å². The Morgan fingerprint density at radius 3 is 2.89 bits per heavy atom. The molecule has 3 nitrogen and oxygen atoms in total. The van der Waals surface area contributed by atoms with Crippen LogP contribution in [0.25, 0.3) is 0 Å². The Kier molecular flexibility index (Phi) is 2.46. The topological polar surface area (TPSA) is 57.5 Å². The van der Waals surface area contributed by atoms with Crippen molar-refractivity contribution >= 4 is 5.97 Å². The maximum Gasteiger partial charge on any atom is 0.306 e. The second-order valence-electron chi connectivity index (χ2n) is 5.20. The van der Waals surface area contributed by atoms with Gasteiger partial charge in [-0.05, 0) is 41.9 Å². The molecule has 2 atom stereocenters. The van der Waals surface area contributed by atoms with Crippen molar-refractivity contribution in [1.82, 2.24) is 0 Å². The van der Waals surface area contributed by atoms with E-state index < -0.39 is 42.5 Å². The summed E-state index contributed by atoms with van der Waals surface area (Å²) in [6.07, 6.45) is -6.59. The Hall–Kier alpha value is -1.42. The SMILES string of the molecule is [2H]C1([2H])c2cc(F)ccc2[C@H](C(C)C)[C@@](O)(CC(=O)O)C1([2H])[2H]. The summed E-state index contributed by atoms with van der Waals surface area (Å²) >= 11 is 0. The van der Waals surface area contributed by atoms with Crippen molar-refractivity contribution < 1.29 is 24.9 Å². The average Bonchev–Trinajstić information content (AvgIpc) is 2.37. The third-order valence-electron chi connectivity index (χ3n) is 3.37. The number of benzene rings is 1. The summed E-state index contributed by atoms with van der Waals surface area (Å²) in [5, 5.41) is 20.1. The van der Waals surface area contributed by atoms with Gasteiger partial charge in [-0.1, -0.05) is 19.9 Å². The van der Waals surface area contributed by atoms with Gasteiger partial charge in [0, 0.05) is 11.4 Å². The quantitative estimate of drug-likeness (QED) is 0.888. The lowest BCUT2D eigenvalue weighted by Gasteiger charge is -2.42. The number of carbonyl (C=O) groups is 1. The molecule has 1 aliphatic carbocycles. The van der Waals surface area contributed by atoms with Crippen LogP contribution in [0.5, 0.6) is 0 Å². The first-order valence-corrected chi connectivity index (χ1v) is 6.10. The van der Waals surface area contributed by atoms with Crippen LogP contribution in [0.3, 0.4) is 0 Å². The molecular formula is C15H19FO3. The summed E-state index contributed by atoms with van der Waals surface area (Å²) in [6, 6.07) is 3.32. The van der Waals surface area contributed by atoms with E-state index in [1.807, 2.05) is 0 Å². The van der Waals surface area contributed by atoms with Gasteiger partial charge in [0.25, 0.3) is 0 Å². The molecule has 1 aliphatic rings. The molecule has 4 heteroatoms. The molecule has 0 saturated carbocycles. The van der Waals surface area contributed by atoms with Crippen molar-refractivity contribution in [3.8, 4) is 0 Å². The normalized spacial score (nSPS) is 34.7. The summed E-state index contributed by atoms with van der Waals surface area (Å²) in [5.41, 5.74) is -2.40. The minimum Gasteiger partial charge on any atom is -0.481 e. The molecule has 0 fully saturated rings. The molecule has 0 aliphatic heterocycles. The zero-order valence-corrected chi connectivity index (χ0v) is 10.8. The van der Waals surface area contributed by atoms with E-state index >= 15 is 0 Å². The third kappa shape index (κ3) is 2.63. The largest absolute Gasteiger partial charge is 0.481 e. The van der Waals surface area contributed by atoms with E-state index in [2.05, 4.69) is 0 Å². The number of carboxylic acid groups (broad SMARTS) is 1. The van der Waals surface area contributed by atoms with E-state index in [-0.39, 0.29) is 17.0 Å². The fourth-order valence-electron chi connectivity index (χ4n) is 2.71. The van der Waals surface area contributed by atoms with Gasteiger partial charge in [-0.3, -0.25) is 4.79 Å². The lowest BCUT2D eigenvalue weighted by molar-refractivity contribution is -0.145. The number of aliphatic carboxylic acids is 1. The second-order valence-corrected chi connectivity index (χ2v) is 5.20. The average molecular weight is 270 g/mol. The van der Waals surface area contributed by atoms with E-state index in [0.717, 1.165) is 12.1 Å². The molecule has 0 aromatic heterocycles. The minimum atomic E-state index is -2.91. The van der Waals surface area contributed by atoms with E-state index in [1.54, 1.807) is 13.8 Å². The molecule has 0 unspecified atom stereocenters. The Bertz CT molecular complexity index is 648. The lowest BCUT2D eigenvalue weighted by Crippen LogP contribution is -2.44. The van der Waals surface area contributed by atoms with Gasteiger partial charge in [-0.25, -0.2) is 4.39 Å². The van der Waals surface area contributed by atoms with Crippen LogP contribution < -0.4 is 0 Å². The van der Waals surface area contributed by atoms with Gasteiger partial charge in [0.05, 0.1) is 12.0 Å². The Balaban J connectivity index is 2.84. The van der Waals surface area contributed by atoms with Gasteiger partial charge in [0.1, 0.15) is 5.82 Å². The standard InChI is InChI=1S/C15H19FO3/c1-9(2)14-12-4-3-11(16)7-10(12)5-6-15(14,19)8-13(17)18/h3-4,7,9,14,19H,5-6,8H2,1-2H3,(H,17,18)/t14-,15-/m0/s1/i5D2,6D2. The molecule has 0 spiro atoms. The fraction of sp³-hybridized carbons (Fsp3) is 0.533. The van der Waals surface area contributed by atoms with Crippen LogP contribution in [0.1, 0.15) is 49.2 Å². The van der Waals surface area contributed by atoms with E-state index in [9.17, 15) is 14.3 Å². The predicted octanol–water partition coefficient (Wildman–Crippen LogP) is 2.72. The van der Waals surface area contributed by atoms with Crippen molar-refractivity contribution in [2.24, 2.45) is 5.92 Å². The third-order valence-corrected chi connectivity index (χ3v) is 3.37. The monoisotopic (exact) mass is 270 g/mol. The molecule has 0 bridgehead atoms. The number of fused-ring (bicyclic) bond motifs is 1. The summed E-state index contributed by atoms with van der Waals surface area (Å²) in [5.74, 6) is -3.50. The maximum atomic E-state index is 13.6. The molecule has 1 aromatic carbocycles. The fourth-order valence-corrected chi connectivity index (χ4v) is 2.71. The van der Waals surface area contributed by atoms with Gasteiger partial charge in [-0.15, -0.1) is 0 Å². The van der Waals surface area contributed by atoms with Crippen LogP contribution in [-0.4, -0.2) is 21.8 Å². The molecule has 0 amide bonds. The first-order chi connectivity index (χ1) is 10.4. The number of aryl methyl sites for hydroxylation is 1. The van der Waals surface area contributed by atoms with Crippen molar-refractivity contribution in [1.29, 1.82) is 0 Å². The van der Waals surface area contributed by atoms with E-state index in [1.165, 1.54) is 6.07 Å². The first-order valence-electron chi connectivity index (χ1n) is 8.10. The number of carboxylic acids is 1. The van der Waals surface area contributed by atoms with Crippen molar-refractivity contribution in [2.75, 3.05) is 0 Å². The minimum absolute atomic E-state index is 0.184. The molecule has 0 saturated heterocycles. The lowest BCUT2D eigenvalue weighted by atomic mass is 9.66. The Morgan fingerprint density at radius 2 is 2.32 bits per heavy atom. The van der Waals surface area contributed by atoms with E-state index in [4.69, 9.17) is 10.6 Å². The van der Waals surface area contributed by atoms with Crippen molar-refractivity contribution in [2.45, 2.75) is 44.5 Å². The summed E-state index contributed by atoms with van der Waals surface area (Å²) in [7, 11) is 0. The highest BCUT2D eigenvalue weighted by atomic mass is 19.1. The van der Waals surface area contributed by atoms with Gasteiger partial charge in [-0.2, -0.15) is 0 Å². The van der Waals surface area contributed by atoms with Gasteiger partial charge >= 0.3 is 5.97 Å². The smallest absolute Gasteiger partial charge is 0.306 e. The van der Waals surface area contributed by atoms with Crippen LogP contribution in [-0.2, 0) is 11.2 Å². The molecule has 1 aromatic rings. The number of halogens is 1. The van der Waals surface area contributed by atoms with Crippen LogP contribution in [0, 0.1) is 11.7 Å². The van der Waals surface area contributed by atoms with Crippen molar-refractivity contribution in [3.63, 3.8) is 0 Å². The number of hydrogen-bond acceptors (Lipinski definition) is 2. The maximum absolute atomic E-state index is 13.6. The highest BCUT2D eigenvalue weighted by Crippen LogP contribution is 2.45. The number of hydrogen-bond donors (Lipinski definition) is 2. The highest BCUT2D eigenvalue weighted by molar-refractivity contribution is 5.68. The molecule has 2 N–H and O–H groups in total. The molecule has 0 heterocycles. The van der Waals surface area contributed by atoms with Crippen LogP contribution in [0.2, 0.25) is 0 Å². The summed E-state index contributed by atoms with van der Waals surface area (Å²) in [4.78, 5) is 11.2. The Labute approximate surface area is 117 Å². The zero-order valence-electron chi connectivity index (χ0n) is 14.8. The molecule has 104 valence electrons. The van der Waals surface area contributed by atoms with Crippen LogP contribution in [0.4, 0.5) is 4.39 Å². The van der Waals surface area contributed by atoms with Crippen molar-refractivity contribution in [3.05, 3.63) is 35.1 Å². The Morgan fingerprint density at radius 1 is 1.63 bits per heavy atom. The van der Waals surface area contributed by atoms with Gasteiger partial charge in [0.2, 0.25) is 0 Å². The number of aliphatic hydroxyl groups is 1.